The SMILES string of the molecule is CCNc1ccc(C(=O)Nc2cccc(OC)c2)cc1C(F)(F)F.COc1cccc(NC(=O)c2ccc(N3CCOCC3)c(C(F)(F)F)c2)c1.COc1cccc(NC(=O)c2ccc(NC(C)C)c(C(F)(F)F)c2)c1. The van der Waals surface area contributed by atoms with Crippen LogP contribution in [0.4, 0.5) is 73.6 Å². The average molecular weight is 1070 g/mol. The molecule has 0 atom stereocenters. The molecule has 406 valence electrons. The van der Waals surface area contributed by atoms with E-state index < -0.39 is 52.9 Å². The van der Waals surface area contributed by atoms with Crippen LogP contribution < -0.4 is 45.7 Å². The Morgan fingerprint density at radius 1 is 0.526 bits per heavy atom. The third-order valence-corrected chi connectivity index (χ3v) is 10.9. The molecular weight excluding hydrogens is 1020 g/mol. The largest absolute Gasteiger partial charge is 0.497 e. The number of carbonyl (C=O) groups is 3. The van der Waals surface area contributed by atoms with Gasteiger partial charge in [-0.2, -0.15) is 39.5 Å². The number of anilines is 6. The second-order valence-electron chi connectivity index (χ2n) is 16.7. The molecule has 0 aromatic heterocycles. The molecule has 1 aliphatic rings. The molecule has 1 saturated heterocycles. The van der Waals surface area contributed by atoms with Gasteiger partial charge in [0.1, 0.15) is 17.2 Å². The Balaban J connectivity index is 0.000000211. The summed E-state index contributed by atoms with van der Waals surface area (Å²) in [6.45, 7) is 7.01. The van der Waals surface area contributed by atoms with Gasteiger partial charge in [0.05, 0.1) is 51.2 Å². The van der Waals surface area contributed by atoms with Crippen LogP contribution in [0.3, 0.4) is 0 Å². The third kappa shape index (κ3) is 16.9. The normalized spacial score (nSPS) is 12.4. The molecule has 0 spiro atoms. The topological polar surface area (TPSA) is 152 Å². The minimum absolute atomic E-state index is 0.0528. The fourth-order valence-electron chi connectivity index (χ4n) is 7.32. The number of hydrogen-bond donors (Lipinski definition) is 5. The molecule has 0 aliphatic carbocycles. The maximum absolute atomic E-state index is 13.6. The maximum Gasteiger partial charge on any atom is 0.418 e. The van der Waals surface area contributed by atoms with Crippen molar-refractivity contribution in [1.29, 1.82) is 0 Å². The Morgan fingerprint density at radius 2 is 0.895 bits per heavy atom. The standard InChI is InChI=1S/C19H19F3N2O3.C18H19F3N2O2.C17H17F3N2O2/c1-26-15-4-2-3-14(12-15)23-18(25)13-5-6-17(16(11-13)19(20,21)22)24-7-9-27-10-8-24;1-11(2)22-16-8-7-12(9-15(16)18(19,20)21)17(24)23-13-5-4-6-14(10-13)25-3;1-3-21-15-8-7-11(9-14(15)17(18,19)20)16(23)22-12-5-4-6-13(10-12)24-2/h2-6,11-12H,7-10H2,1H3,(H,23,25);4-11,22H,1-3H3,(H,23,24);4-10,21H,3H2,1-2H3,(H,22,23). The monoisotopic (exact) mass is 1070 g/mol. The van der Waals surface area contributed by atoms with Crippen molar-refractivity contribution in [2.45, 2.75) is 45.3 Å². The molecule has 0 unspecified atom stereocenters. The Kier molecular flexibility index (Phi) is 20.4. The maximum atomic E-state index is 13.6. The number of carbonyl (C=O) groups excluding carboxylic acids is 3. The van der Waals surface area contributed by atoms with Gasteiger partial charge in [0.2, 0.25) is 0 Å². The van der Waals surface area contributed by atoms with Gasteiger partial charge in [0.15, 0.2) is 0 Å². The van der Waals surface area contributed by atoms with Gasteiger partial charge in [-0.3, -0.25) is 14.4 Å². The zero-order valence-corrected chi connectivity index (χ0v) is 41.9. The second kappa shape index (κ2) is 26.4. The van der Waals surface area contributed by atoms with Crippen LogP contribution in [0.25, 0.3) is 0 Å². The molecule has 76 heavy (non-hydrogen) atoms. The summed E-state index contributed by atoms with van der Waals surface area (Å²) < 4.78 is 140. The molecule has 0 radical (unpaired) electrons. The van der Waals surface area contributed by atoms with E-state index in [4.69, 9.17) is 18.9 Å². The number of amides is 3. The number of methoxy groups -OCH3 is 3. The molecule has 13 nitrogen and oxygen atoms in total. The van der Waals surface area contributed by atoms with Gasteiger partial charge in [-0.05, 0) is 112 Å². The van der Waals surface area contributed by atoms with E-state index in [1.54, 1.807) is 98.5 Å². The summed E-state index contributed by atoms with van der Waals surface area (Å²) in [6, 6.07) is 30.1. The minimum atomic E-state index is -4.57. The van der Waals surface area contributed by atoms with Crippen LogP contribution in [-0.4, -0.2) is 77.9 Å². The quantitative estimate of drug-likeness (QED) is 0.0667. The van der Waals surface area contributed by atoms with Crippen LogP contribution in [-0.2, 0) is 23.3 Å². The molecule has 22 heteroatoms. The summed E-state index contributed by atoms with van der Waals surface area (Å²) in [5.41, 5.74) is -1.55. The molecule has 7 rings (SSSR count). The van der Waals surface area contributed by atoms with Crippen molar-refractivity contribution in [2.24, 2.45) is 0 Å². The van der Waals surface area contributed by atoms with Gasteiger partial charge >= 0.3 is 18.5 Å². The number of nitrogens with zero attached hydrogens (tertiary/aromatic N) is 1. The van der Waals surface area contributed by atoms with Crippen molar-refractivity contribution < 1.29 is 72.8 Å². The highest BCUT2D eigenvalue weighted by atomic mass is 19.4. The zero-order chi connectivity index (χ0) is 55.8. The van der Waals surface area contributed by atoms with Gasteiger partial charge in [0, 0.05) is 94.7 Å². The van der Waals surface area contributed by atoms with E-state index in [-0.39, 0.29) is 39.8 Å². The third-order valence-electron chi connectivity index (χ3n) is 10.9. The molecule has 6 aromatic carbocycles. The summed E-state index contributed by atoms with van der Waals surface area (Å²) in [6.07, 6.45) is -13.7. The van der Waals surface area contributed by atoms with Crippen LogP contribution in [0.2, 0.25) is 0 Å². The molecule has 1 aliphatic heterocycles. The molecule has 1 fully saturated rings. The molecule has 5 N–H and O–H groups in total. The van der Waals surface area contributed by atoms with Crippen LogP contribution in [0.5, 0.6) is 17.2 Å². The fourth-order valence-corrected chi connectivity index (χ4v) is 7.32. The van der Waals surface area contributed by atoms with Gasteiger partial charge < -0.3 is 50.4 Å². The number of hydrogen-bond acceptors (Lipinski definition) is 10. The first kappa shape index (κ1) is 58.7. The van der Waals surface area contributed by atoms with Crippen LogP contribution >= 0.6 is 0 Å². The number of morpholine rings is 1. The van der Waals surface area contributed by atoms with Gasteiger partial charge in [-0.15, -0.1) is 0 Å². The number of alkyl halides is 9. The number of nitrogens with one attached hydrogen (secondary N) is 5. The van der Waals surface area contributed by atoms with Gasteiger partial charge in [-0.25, -0.2) is 0 Å². The average Bonchev–Trinajstić information content (AvgIpc) is 3.38. The number of halogens is 9. The Morgan fingerprint density at radius 3 is 1.26 bits per heavy atom. The van der Waals surface area contributed by atoms with Crippen molar-refractivity contribution >= 4 is 51.8 Å². The number of rotatable bonds is 14. The molecule has 1 heterocycles. The van der Waals surface area contributed by atoms with E-state index in [0.29, 0.717) is 67.2 Å². The lowest BCUT2D eigenvalue weighted by molar-refractivity contribution is -0.138. The van der Waals surface area contributed by atoms with Crippen LogP contribution in [0, 0.1) is 0 Å². The molecule has 3 amide bonds. The van der Waals surface area contributed by atoms with E-state index in [0.717, 1.165) is 18.2 Å². The van der Waals surface area contributed by atoms with E-state index in [1.165, 1.54) is 57.7 Å². The second-order valence-corrected chi connectivity index (χ2v) is 16.7. The predicted octanol–water partition coefficient (Wildman–Crippen LogP) is 13.0. The summed E-state index contributed by atoms with van der Waals surface area (Å²) in [4.78, 5) is 38.6. The zero-order valence-electron chi connectivity index (χ0n) is 41.9. The number of ether oxygens (including phenoxy) is 4. The van der Waals surface area contributed by atoms with Crippen molar-refractivity contribution in [1.82, 2.24) is 0 Å². The van der Waals surface area contributed by atoms with E-state index in [2.05, 4.69) is 26.6 Å². The van der Waals surface area contributed by atoms with E-state index in [1.807, 2.05) is 0 Å². The van der Waals surface area contributed by atoms with Crippen LogP contribution in [0.1, 0.15) is 68.5 Å². The fraction of sp³-hybridized carbons (Fsp3) is 0.278. The lowest BCUT2D eigenvalue weighted by Gasteiger charge is -2.31. The Bertz CT molecular complexity index is 2930. The first-order valence-electron chi connectivity index (χ1n) is 23.3. The highest BCUT2D eigenvalue weighted by Crippen LogP contribution is 2.39. The van der Waals surface area contributed by atoms with Crippen molar-refractivity contribution in [3.63, 3.8) is 0 Å². The Labute approximate surface area is 432 Å². The highest BCUT2D eigenvalue weighted by molar-refractivity contribution is 6.06. The molecule has 0 bridgehead atoms. The van der Waals surface area contributed by atoms with Gasteiger partial charge in [-0.1, -0.05) is 18.2 Å². The van der Waals surface area contributed by atoms with Crippen molar-refractivity contribution in [3.8, 4) is 17.2 Å². The summed E-state index contributed by atoms with van der Waals surface area (Å²) in [5, 5.41) is 13.1. The van der Waals surface area contributed by atoms with E-state index in [9.17, 15) is 53.9 Å². The van der Waals surface area contributed by atoms with Gasteiger partial charge in [0.25, 0.3) is 17.7 Å². The van der Waals surface area contributed by atoms with Crippen LogP contribution in [0.15, 0.2) is 127 Å². The van der Waals surface area contributed by atoms with Crippen molar-refractivity contribution in [3.05, 3.63) is 161 Å². The molecular formula is C54H55F9N6O7. The summed E-state index contributed by atoms with van der Waals surface area (Å²) >= 11 is 0. The highest BCUT2D eigenvalue weighted by Gasteiger charge is 2.37. The molecule has 0 saturated carbocycles. The lowest BCUT2D eigenvalue weighted by atomic mass is 10.1. The summed E-state index contributed by atoms with van der Waals surface area (Å²) in [5.74, 6) is -0.281. The van der Waals surface area contributed by atoms with E-state index >= 15 is 0 Å². The first-order chi connectivity index (χ1) is 35.9. The number of benzene rings is 6. The first-order valence-corrected chi connectivity index (χ1v) is 23.3. The minimum Gasteiger partial charge on any atom is -0.497 e. The lowest BCUT2D eigenvalue weighted by Crippen LogP contribution is -2.37. The Hall–Kier alpha value is -8.14. The summed E-state index contributed by atoms with van der Waals surface area (Å²) in [7, 11) is 4.45. The molecule has 6 aromatic rings. The smallest absolute Gasteiger partial charge is 0.418 e. The van der Waals surface area contributed by atoms with Crippen molar-refractivity contribution in [2.75, 3.05) is 85.7 Å². The predicted molar refractivity (Wildman–Crippen MR) is 273 cm³/mol.